The number of urea groups is 1. The minimum atomic E-state index is -1.39. The van der Waals surface area contributed by atoms with Crippen LogP contribution in [0.15, 0.2) is 75.5 Å². The number of allylic oxidation sites excluding steroid dienone is 2. The Morgan fingerprint density at radius 2 is 1.91 bits per heavy atom. The SMILES string of the molecule is C[S+]([O-])N=C=C=CC=C=C=NC(=O)[C@@H](Cc1ccc(O)c(Cl)c1)OC(=O)N1CCC(N2CCc3ccccc3NC2=O)CC1. The van der Waals surface area contributed by atoms with Crippen LogP contribution < -0.4 is 5.32 Å². The summed E-state index contributed by atoms with van der Waals surface area (Å²) in [5.74, 6) is 3.78. The van der Waals surface area contributed by atoms with Crippen LogP contribution in [-0.2, 0) is 33.7 Å². The van der Waals surface area contributed by atoms with Crippen molar-refractivity contribution in [3.63, 3.8) is 0 Å². The van der Waals surface area contributed by atoms with E-state index in [-0.39, 0.29) is 29.3 Å². The molecule has 2 atom stereocenters. The van der Waals surface area contributed by atoms with Crippen molar-refractivity contribution in [3.05, 3.63) is 82.2 Å². The molecule has 2 aliphatic heterocycles. The Morgan fingerprint density at radius 1 is 1.18 bits per heavy atom. The molecular weight excluding hydrogens is 606 g/mol. The number of hydrogen-bond donors (Lipinski definition) is 2. The van der Waals surface area contributed by atoms with Crippen molar-refractivity contribution < 1.29 is 28.8 Å². The van der Waals surface area contributed by atoms with Gasteiger partial charge in [0.1, 0.15) is 23.4 Å². The second kappa shape index (κ2) is 15.8. The number of likely N-dealkylation sites (tertiary alicyclic amines) is 1. The van der Waals surface area contributed by atoms with Crippen LogP contribution in [-0.4, -0.2) is 87.3 Å². The third-order valence-corrected chi connectivity index (χ3v) is 7.63. The summed E-state index contributed by atoms with van der Waals surface area (Å²) in [6, 6.07) is 11.9. The van der Waals surface area contributed by atoms with Crippen molar-refractivity contribution in [1.29, 1.82) is 0 Å². The quantitative estimate of drug-likeness (QED) is 0.201. The molecule has 44 heavy (non-hydrogen) atoms. The fraction of sp³-hybridized carbons (Fsp3) is 0.323. The van der Waals surface area contributed by atoms with Gasteiger partial charge in [0.15, 0.2) is 6.10 Å². The molecule has 0 bridgehead atoms. The number of carbonyl (C=O) groups excluding carboxylic acids is 3. The number of carbonyl (C=O) groups is 3. The largest absolute Gasteiger partial charge is 0.591 e. The van der Waals surface area contributed by atoms with E-state index in [9.17, 15) is 24.0 Å². The minimum Gasteiger partial charge on any atom is -0.591 e. The molecule has 0 saturated carbocycles. The van der Waals surface area contributed by atoms with Crippen LogP contribution in [0, 0.1) is 0 Å². The first-order valence-corrected chi connectivity index (χ1v) is 15.6. The van der Waals surface area contributed by atoms with Crippen molar-refractivity contribution in [2.75, 3.05) is 31.2 Å². The van der Waals surface area contributed by atoms with Crippen molar-refractivity contribution in [3.8, 4) is 5.75 Å². The van der Waals surface area contributed by atoms with Gasteiger partial charge >= 0.3 is 12.1 Å². The van der Waals surface area contributed by atoms with Crippen molar-refractivity contribution in [1.82, 2.24) is 9.80 Å². The average Bonchev–Trinajstić information content (AvgIpc) is 3.17. The van der Waals surface area contributed by atoms with Crippen LogP contribution >= 0.6 is 11.6 Å². The summed E-state index contributed by atoms with van der Waals surface area (Å²) in [6.07, 6.45) is 3.89. The van der Waals surface area contributed by atoms with E-state index in [0.29, 0.717) is 38.0 Å². The van der Waals surface area contributed by atoms with Gasteiger partial charge in [-0.25, -0.2) is 9.59 Å². The number of benzene rings is 2. The number of halogens is 1. The standard InChI is InChI=1S/C31H30ClN5O6S/c1-44(42)34-16-7-3-2-6-15-33-29(39)28(21-22-10-11-27(38)25(32)20-22)43-31(41)36-17-13-24(14-18-36)37-19-12-23-8-4-5-9-26(23)35-30(37)40/h2-5,8-11,20,24,28,38H,12-14,17-19,21H2,1H3,(H,35,40)/t28-,44?/m1/s1. The number of anilines is 1. The van der Waals surface area contributed by atoms with Gasteiger partial charge in [-0.15, -0.1) is 0 Å². The van der Waals surface area contributed by atoms with E-state index < -0.39 is 29.5 Å². The van der Waals surface area contributed by atoms with Gasteiger partial charge < -0.3 is 29.5 Å². The molecule has 4 rings (SSSR count). The van der Waals surface area contributed by atoms with Crippen molar-refractivity contribution >= 4 is 58.4 Å². The number of hydrogen-bond acceptors (Lipinski definition) is 7. The average molecular weight is 636 g/mol. The van der Waals surface area contributed by atoms with E-state index in [1.54, 1.807) is 6.07 Å². The molecule has 2 aromatic rings. The molecular formula is C31H30ClN5O6S. The van der Waals surface area contributed by atoms with E-state index in [0.717, 1.165) is 17.7 Å². The normalized spacial score (nSPS) is 15.8. The Hall–Kier alpha value is -4.49. The number of nitrogens with zero attached hydrogens (tertiary/aromatic N) is 4. The zero-order valence-corrected chi connectivity index (χ0v) is 25.4. The summed E-state index contributed by atoms with van der Waals surface area (Å²) in [5.41, 5.74) is 7.48. The fourth-order valence-corrected chi connectivity index (χ4v) is 5.16. The molecule has 2 aliphatic rings. The van der Waals surface area contributed by atoms with Gasteiger partial charge in [0.05, 0.1) is 10.9 Å². The summed E-state index contributed by atoms with van der Waals surface area (Å²) in [6.45, 7) is 1.25. The first-order valence-electron chi connectivity index (χ1n) is 13.7. The van der Waals surface area contributed by atoms with Crippen molar-refractivity contribution in [2.24, 2.45) is 9.39 Å². The minimum absolute atomic E-state index is 0.0439. The maximum atomic E-state index is 13.2. The summed E-state index contributed by atoms with van der Waals surface area (Å²) in [7, 11) is 0. The molecule has 11 nitrogen and oxygen atoms in total. The summed E-state index contributed by atoms with van der Waals surface area (Å²) in [5, 5.41) is 12.8. The van der Waals surface area contributed by atoms with E-state index in [2.05, 4.69) is 37.9 Å². The molecule has 13 heteroatoms. The second-order valence-electron chi connectivity index (χ2n) is 9.92. The Bertz CT molecular complexity index is 1600. The molecule has 0 aromatic heterocycles. The number of phenolic OH excluding ortho intramolecular Hbond substituents is 1. The molecule has 1 fully saturated rings. The summed E-state index contributed by atoms with van der Waals surface area (Å²) in [4.78, 5) is 46.1. The molecule has 1 unspecified atom stereocenters. The first kappa shape index (κ1) is 32.4. The van der Waals surface area contributed by atoms with Crippen LogP contribution in [0.1, 0.15) is 24.0 Å². The molecule has 2 aromatic carbocycles. The Kier molecular flexibility index (Phi) is 11.7. The van der Waals surface area contributed by atoms with Crippen LogP contribution in [0.3, 0.4) is 0 Å². The van der Waals surface area contributed by atoms with E-state index >= 15 is 0 Å². The Balaban J connectivity index is 1.40. The number of fused-ring (bicyclic) bond motifs is 1. The first-order chi connectivity index (χ1) is 21.2. The Morgan fingerprint density at radius 3 is 2.64 bits per heavy atom. The lowest BCUT2D eigenvalue weighted by molar-refractivity contribution is -0.126. The number of para-hydroxylation sites is 1. The molecule has 4 amide bonds. The topological polar surface area (TPSA) is 147 Å². The molecule has 2 heterocycles. The van der Waals surface area contributed by atoms with E-state index in [1.165, 1.54) is 35.4 Å². The number of aliphatic imine (C=N–C) groups is 1. The Labute approximate surface area is 262 Å². The molecule has 0 radical (unpaired) electrons. The number of aromatic hydroxyl groups is 1. The lowest BCUT2D eigenvalue weighted by Crippen LogP contribution is -2.50. The van der Waals surface area contributed by atoms with Gasteiger partial charge in [0.25, 0.3) is 5.91 Å². The third kappa shape index (κ3) is 9.25. The molecule has 228 valence electrons. The predicted molar refractivity (Wildman–Crippen MR) is 168 cm³/mol. The number of piperidine rings is 1. The number of phenols is 1. The highest BCUT2D eigenvalue weighted by Crippen LogP contribution is 2.26. The van der Waals surface area contributed by atoms with E-state index in [1.807, 2.05) is 29.2 Å². The monoisotopic (exact) mass is 635 g/mol. The smallest absolute Gasteiger partial charge is 0.410 e. The second-order valence-corrected chi connectivity index (χ2v) is 11.4. The summed E-state index contributed by atoms with van der Waals surface area (Å²) < 4.78 is 20.0. The van der Waals surface area contributed by atoms with Gasteiger partial charge in [-0.2, -0.15) is 4.99 Å². The maximum absolute atomic E-state index is 13.2. The number of amides is 4. The lowest BCUT2D eigenvalue weighted by Gasteiger charge is -2.37. The molecule has 0 aliphatic carbocycles. The van der Waals surface area contributed by atoms with Crippen molar-refractivity contribution in [2.45, 2.75) is 37.8 Å². The molecule has 1 saturated heterocycles. The highest BCUT2D eigenvalue weighted by Gasteiger charge is 2.33. The highest BCUT2D eigenvalue weighted by molar-refractivity contribution is 7.89. The number of nitrogens with one attached hydrogen (secondary N) is 1. The van der Waals surface area contributed by atoms with E-state index in [4.69, 9.17) is 16.3 Å². The summed E-state index contributed by atoms with van der Waals surface area (Å²) >= 11 is 4.64. The van der Waals surface area contributed by atoms with Gasteiger partial charge in [0.2, 0.25) is 0 Å². The van der Waals surface area contributed by atoms with Crippen LogP contribution in [0.5, 0.6) is 5.75 Å². The predicted octanol–water partition coefficient (Wildman–Crippen LogP) is 4.23. The maximum Gasteiger partial charge on any atom is 0.410 e. The molecule has 0 spiro atoms. The number of rotatable bonds is 7. The lowest BCUT2D eigenvalue weighted by atomic mass is 10.0. The van der Waals surface area contributed by atoms with Crippen LogP contribution in [0.4, 0.5) is 15.3 Å². The van der Waals surface area contributed by atoms with Gasteiger partial charge in [-0.3, -0.25) is 4.79 Å². The zero-order chi connectivity index (χ0) is 31.5. The molecule has 2 N–H and O–H groups in total. The van der Waals surface area contributed by atoms with Crippen LogP contribution in [0.25, 0.3) is 0 Å². The van der Waals surface area contributed by atoms with Crippen LogP contribution in [0.2, 0.25) is 5.02 Å². The van der Waals surface area contributed by atoms with Gasteiger partial charge in [-0.05, 0) is 76.6 Å². The highest BCUT2D eigenvalue weighted by atomic mass is 35.5. The van der Waals surface area contributed by atoms with Gasteiger partial charge in [-0.1, -0.05) is 35.9 Å². The number of ether oxygens (including phenoxy) is 1. The fourth-order valence-electron chi connectivity index (χ4n) is 4.77. The van der Waals surface area contributed by atoms with Gasteiger partial charge in [0, 0.05) is 43.7 Å². The third-order valence-electron chi connectivity index (χ3n) is 6.98. The zero-order valence-electron chi connectivity index (χ0n) is 23.9.